The number of carbonyl (C=O) groups is 2. The first kappa shape index (κ1) is 14.8. The lowest BCUT2D eigenvalue weighted by Crippen LogP contribution is -2.40. The largest absolute Gasteiger partial charge is 0.465 e. The number of ether oxygens (including phenoxy) is 1. The van der Waals surface area contributed by atoms with Crippen LogP contribution in [0.15, 0.2) is 23.3 Å². The van der Waals surface area contributed by atoms with Gasteiger partial charge in [0.2, 0.25) is 0 Å². The summed E-state index contributed by atoms with van der Waals surface area (Å²) in [6, 6.07) is 5.01. The molecule has 1 heterocycles. The summed E-state index contributed by atoms with van der Waals surface area (Å²) >= 11 is 11.8. The lowest BCUT2D eigenvalue weighted by molar-refractivity contribution is -0.152. The molecule has 0 bridgehead atoms. The number of hydrogen-bond donors (Lipinski definition) is 1. The molecule has 0 aliphatic carbocycles. The molecule has 106 valence electrons. The van der Waals surface area contributed by atoms with Crippen molar-refractivity contribution in [3.63, 3.8) is 0 Å². The molecule has 1 amide bonds. The molecule has 0 radical (unpaired) electrons. The first-order chi connectivity index (χ1) is 9.52. The number of amides is 1. The van der Waals surface area contributed by atoms with E-state index in [9.17, 15) is 9.59 Å². The Hall–Kier alpha value is -1.59. The summed E-state index contributed by atoms with van der Waals surface area (Å²) in [5.41, 5.74) is 3.59. The second kappa shape index (κ2) is 6.24. The minimum atomic E-state index is -0.892. The van der Waals surface area contributed by atoms with Gasteiger partial charge in [-0.3, -0.25) is 9.59 Å². The van der Waals surface area contributed by atoms with Crippen molar-refractivity contribution in [2.75, 3.05) is 6.61 Å². The van der Waals surface area contributed by atoms with Crippen LogP contribution in [0.4, 0.5) is 0 Å². The van der Waals surface area contributed by atoms with Gasteiger partial charge in [0.1, 0.15) is 5.92 Å². The molecular formula is C13H12Cl2N2O3. The Morgan fingerprint density at radius 3 is 2.85 bits per heavy atom. The highest BCUT2D eigenvalue weighted by atomic mass is 35.5. The fourth-order valence-electron chi connectivity index (χ4n) is 1.82. The van der Waals surface area contributed by atoms with Gasteiger partial charge in [0.15, 0.2) is 0 Å². The summed E-state index contributed by atoms with van der Waals surface area (Å²) in [7, 11) is 0. The maximum Gasteiger partial charge on any atom is 0.318 e. The zero-order valence-corrected chi connectivity index (χ0v) is 12.2. The number of nitrogens with one attached hydrogen (secondary N) is 1. The van der Waals surface area contributed by atoms with E-state index in [4.69, 9.17) is 27.9 Å². The molecule has 1 aliphatic rings. The Morgan fingerprint density at radius 1 is 1.45 bits per heavy atom. The molecule has 0 unspecified atom stereocenters. The molecule has 20 heavy (non-hydrogen) atoms. The van der Waals surface area contributed by atoms with Gasteiger partial charge >= 0.3 is 5.97 Å². The normalized spacial score (nSPS) is 18.2. The maximum absolute atomic E-state index is 11.7. The highest BCUT2D eigenvalue weighted by Gasteiger charge is 2.33. The first-order valence-corrected chi connectivity index (χ1v) is 6.77. The molecule has 1 aromatic carbocycles. The van der Waals surface area contributed by atoms with E-state index >= 15 is 0 Å². The third kappa shape index (κ3) is 3.11. The van der Waals surface area contributed by atoms with Crippen LogP contribution in [-0.2, 0) is 14.3 Å². The highest BCUT2D eigenvalue weighted by Crippen LogP contribution is 2.25. The van der Waals surface area contributed by atoms with Gasteiger partial charge in [-0.05, 0) is 24.6 Å². The summed E-state index contributed by atoms with van der Waals surface area (Å²) < 4.78 is 4.88. The number of esters is 1. The van der Waals surface area contributed by atoms with Gasteiger partial charge in [0, 0.05) is 6.42 Å². The smallest absolute Gasteiger partial charge is 0.318 e. The Balaban J connectivity index is 2.23. The van der Waals surface area contributed by atoms with Crippen molar-refractivity contribution in [3.8, 4) is 0 Å². The number of benzene rings is 1. The lowest BCUT2D eigenvalue weighted by Gasteiger charge is -2.20. The monoisotopic (exact) mass is 314 g/mol. The van der Waals surface area contributed by atoms with Crippen molar-refractivity contribution in [2.45, 2.75) is 13.3 Å². The summed E-state index contributed by atoms with van der Waals surface area (Å²) in [5.74, 6) is -1.92. The molecule has 2 rings (SSSR count). The molecule has 5 nitrogen and oxygen atoms in total. The van der Waals surface area contributed by atoms with Crippen LogP contribution >= 0.6 is 23.2 Å². The van der Waals surface area contributed by atoms with E-state index in [1.165, 1.54) is 0 Å². The molecule has 7 heteroatoms. The standard InChI is InChI=1S/C13H12Cl2N2O3/c1-2-20-13(19)8-6-11(16-17-12(8)18)7-3-4-9(14)10(15)5-7/h3-5,8H,2,6H2,1H3,(H,17,18)/t8-/m0/s1. The van der Waals surface area contributed by atoms with Gasteiger partial charge in [-0.25, -0.2) is 5.43 Å². The predicted molar refractivity (Wildman–Crippen MR) is 75.9 cm³/mol. The number of nitrogens with zero attached hydrogens (tertiary/aromatic N) is 1. The second-order valence-electron chi connectivity index (χ2n) is 4.17. The molecule has 0 saturated carbocycles. The first-order valence-electron chi connectivity index (χ1n) is 6.01. The minimum absolute atomic E-state index is 0.169. The van der Waals surface area contributed by atoms with Gasteiger partial charge in [-0.1, -0.05) is 29.3 Å². The molecule has 1 aromatic rings. The summed E-state index contributed by atoms with van der Waals surface area (Å²) in [6.45, 7) is 1.91. The summed E-state index contributed by atoms with van der Waals surface area (Å²) in [4.78, 5) is 23.4. The quantitative estimate of drug-likeness (QED) is 0.688. The highest BCUT2D eigenvalue weighted by molar-refractivity contribution is 6.42. The Morgan fingerprint density at radius 2 is 2.20 bits per heavy atom. The molecule has 0 aromatic heterocycles. The van der Waals surface area contributed by atoms with Crippen LogP contribution < -0.4 is 5.43 Å². The van der Waals surface area contributed by atoms with Crippen LogP contribution in [0, 0.1) is 5.92 Å². The molecule has 1 aliphatic heterocycles. The van der Waals surface area contributed by atoms with Gasteiger partial charge in [-0.2, -0.15) is 5.10 Å². The van der Waals surface area contributed by atoms with Gasteiger partial charge in [0.25, 0.3) is 5.91 Å². The molecular weight excluding hydrogens is 303 g/mol. The number of carbonyl (C=O) groups excluding carboxylic acids is 2. The van der Waals surface area contributed by atoms with Crippen molar-refractivity contribution in [1.29, 1.82) is 0 Å². The van der Waals surface area contributed by atoms with E-state index in [-0.39, 0.29) is 13.0 Å². The lowest BCUT2D eigenvalue weighted by atomic mass is 9.95. The van der Waals surface area contributed by atoms with Gasteiger partial charge in [0.05, 0.1) is 22.4 Å². The van der Waals surface area contributed by atoms with E-state index < -0.39 is 17.8 Å². The fraction of sp³-hybridized carbons (Fsp3) is 0.308. The predicted octanol–water partition coefficient (Wildman–Crippen LogP) is 2.40. The van der Waals surface area contributed by atoms with Crippen LogP contribution in [0.3, 0.4) is 0 Å². The molecule has 1 atom stereocenters. The minimum Gasteiger partial charge on any atom is -0.465 e. The third-order valence-corrected chi connectivity index (χ3v) is 3.58. The third-order valence-electron chi connectivity index (χ3n) is 2.84. The van der Waals surface area contributed by atoms with Crippen LogP contribution in [0.2, 0.25) is 10.0 Å². The number of rotatable bonds is 3. The number of hydrazone groups is 1. The average molecular weight is 315 g/mol. The topological polar surface area (TPSA) is 67.8 Å². The summed E-state index contributed by atoms with van der Waals surface area (Å²) in [5, 5.41) is 4.77. The Kier molecular flexibility index (Phi) is 4.62. The van der Waals surface area contributed by atoms with E-state index in [1.807, 2.05) is 0 Å². The Labute approximate surface area is 125 Å². The van der Waals surface area contributed by atoms with E-state index in [0.717, 1.165) is 0 Å². The zero-order valence-electron chi connectivity index (χ0n) is 10.7. The van der Waals surface area contributed by atoms with Crippen molar-refractivity contribution < 1.29 is 14.3 Å². The van der Waals surface area contributed by atoms with Crippen LogP contribution in [-0.4, -0.2) is 24.2 Å². The number of hydrogen-bond acceptors (Lipinski definition) is 4. The van der Waals surface area contributed by atoms with Crippen molar-refractivity contribution >= 4 is 40.8 Å². The zero-order chi connectivity index (χ0) is 14.7. The second-order valence-corrected chi connectivity index (χ2v) is 4.99. The maximum atomic E-state index is 11.7. The van der Waals surface area contributed by atoms with Crippen LogP contribution in [0.25, 0.3) is 0 Å². The SMILES string of the molecule is CCOC(=O)[C@H]1CC(c2ccc(Cl)c(Cl)c2)=NNC1=O. The van der Waals surface area contributed by atoms with Crippen LogP contribution in [0.1, 0.15) is 18.9 Å². The summed E-state index contributed by atoms with van der Waals surface area (Å²) in [6.07, 6.45) is 0.169. The van der Waals surface area contributed by atoms with E-state index in [2.05, 4.69) is 10.5 Å². The fourth-order valence-corrected chi connectivity index (χ4v) is 2.12. The molecule has 1 N–H and O–H groups in total. The van der Waals surface area contributed by atoms with Crippen molar-refractivity contribution in [3.05, 3.63) is 33.8 Å². The van der Waals surface area contributed by atoms with E-state index in [1.54, 1.807) is 25.1 Å². The van der Waals surface area contributed by atoms with Gasteiger partial charge in [-0.15, -0.1) is 0 Å². The molecule has 0 saturated heterocycles. The van der Waals surface area contributed by atoms with E-state index in [0.29, 0.717) is 21.3 Å². The van der Waals surface area contributed by atoms with Crippen molar-refractivity contribution in [2.24, 2.45) is 11.0 Å². The number of halogens is 2. The van der Waals surface area contributed by atoms with Crippen molar-refractivity contribution in [1.82, 2.24) is 5.43 Å². The molecule has 0 fully saturated rings. The van der Waals surface area contributed by atoms with Crippen LogP contribution in [0.5, 0.6) is 0 Å². The Bertz CT molecular complexity index is 587. The molecule has 0 spiro atoms. The van der Waals surface area contributed by atoms with Gasteiger partial charge < -0.3 is 4.74 Å². The average Bonchev–Trinajstić information content (AvgIpc) is 2.42.